The minimum Gasteiger partial charge on any atom is -0.481 e. The monoisotopic (exact) mass is 386 g/mol. The van der Waals surface area contributed by atoms with Gasteiger partial charge in [0.15, 0.2) is 0 Å². The Morgan fingerprint density at radius 1 is 1.22 bits per heavy atom. The summed E-state index contributed by atoms with van der Waals surface area (Å²) < 4.78 is 0. The predicted octanol–water partition coefficient (Wildman–Crippen LogP) is 4.52. The van der Waals surface area contributed by atoms with E-state index in [1.54, 1.807) is 0 Å². The van der Waals surface area contributed by atoms with E-state index in [4.69, 9.17) is 0 Å². The Morgan fingerprint density at radius 2 is 1.89 bits per heavy atom. The highest BCUT2D eigenvalue weighted by Crippen LogP contribution is 2.41. The zero-order valence-corrected chi connectivity index (χ0v) is 16.9. The van der Waals surface area contributed by atoms with Crippen LogP contribution in [0.2, 0.25) is 0 Å². The summed E-state index contributed by atoms with van der Waals surface area (Å²) in [6.45, 7) is 6.08. The van der Waals surface area contributed by atoms with Gasteiger partial charge in [0.1, 0.15) is 11.1 Å². The molecule has 0 saturated heterocycles. The van der Waals surface area contributed by atoms with Crippen LogP contribution in [-0.2, 0) is 22.4 Å². The molecule has 0 unspecified atom stereocenters. The second-order valence-electron chi connectivity index (χ2n) is 7.85. The average Bonchev–Trinajstić information content (AvgIpc) is 2.98. The summed E-state index contributed by atoms with van der Waals surface area (Å²) in [6, 6.07) is 2.26. The van der Waals surface area contributed by atoms with Crippen LogP contribution in [-0.4, -0.2) is 17.0 Å². The van der Waals surface area contributed by atoms with Gasteiger partial charge in [-0.05, 0) is 57.4 Å². The quantitative estimate of drug-likeness (QED) is 0.744. The molecule has 2 aliphatic rings. The SMILES string of the molecule is CC[C@@H]1CCc2c(sc(NC(=O)[C@@H]3CC(C)=C(C)C[C@@H]3C(=O)O)c2C#N)C1. The number of carboxylic acid groups (broad SMARTS) is 1. The van der Waals surface area contributed by atoms with Crippen molar-refractivity contribution in [3.8, 4) is 6.07 Å². The van der Waals surface area contributed by atoms with Crippen LogP contribution in [0.4, 0.5) is 5.00 Å². The summed E-state index contributed by atoms with van der Waals surface area (Å²) in [4.78, 5) is 25.8. The second kappa shape index (κ2) is 7.85. The van der Waals surface area contributed by atoms with E-state index in [2.05, 4.69) is 18.3 Å². The molecule has 0 radical (unpaired) electrons. The van der Waals surface area contributed by atoms with Gasteiger partial charge in [0.25, 0.3) is 0 Å². The maximum Gasteiger partial charge on any atom is 0.307 e. The Kier molecular flexibility index (Phi) is 5.71. The number of nitrogens with one attached hydrogen (secondary N) is 1. The first kappa shape index (κ1) is 19.6. The number of hydrogen-bond donors (Lipinski definition) is 2. The lowest BCUT2D eigenvalue weighted by molar-refractivity contribution is -0.146. The largest absolute Gasteiger partial charge is 0.481 e. The minimum absolute atomic E-state index is 0.281. The lowest BCUT2D eigenvalue weighted by Crippen LogP contribution is -2.36. The van der Waals surface area contributed by atoms with Crippen LogP contribution in [0.3, 0.4) is 0 Å². The number of thiophene rings is 1. The third-order valence-corrected chi connectivity index (χ3v) is 7.38. The summed E-state index contributed by atoms with van der Waals surface area (Å²) in [5.74, 6) is -1.88. The van der Waals surface area contributed by atoms with Crippen molar-refractivity contribution in [3.05, 3.63) is 27.2 Å². The van der Waals surface area contributed by atoms with Crippen molar-refractivity contribution in [2.24, 2.45) is 17.8 Å². The van der Waals surface area contributed by atoms with Gasteiger partial charge in [-0.25, -0.2) is 0 Å². The highest BCUT2D eigenvalue weighted by Gasteiger charge is 2.38. The Hall–Kier alpha value is -2.13. The van der Waals surface area contributed by atoms with Crippen LogP contribution in [0, 0.1) is 29.1 Å². The summed E-state index contributed by atoms with van der Waals surface area (Å²) in [5, 5.41) is 22.7. The van der Waals surface area contributed by atoms with Crippen LogP contribution >= 0.6 is 11.3 Å². The van der Waals surface area contributed by atoms with Crippen molar-refractivity contribution in [1.82, 2.24) is 0 Å². The zero-order valence-electron chi connectivity index (χ0n) is 16.1. The normalized spacial score (nSPS) is 24.9. The van der Waals surface area contributed by atoms with Crippen LogP contribution in [0.5, 0.6) is 0 Å². The van der Waals surface area contributed by atoms with Gasteiger partial charge in [-0.1, -0.05) is 24.5 Å². The highest BCUT2D eigenvalue weighted by molar-refractivity contribution is 7.16. The Labute approximate surface area is 164 Å². The molecular formula is C21H26N2O3S. The number of allylic oxidation sites excluding steroid dienone is 2. The molecule has 1 amide bonds. The van der Waals surface area contributed by atoms with E-state index in [0.717, 1.165) is 42.4 Å². The molecular weight excluding hydrogens is 360 g/mol. The first-order valence-corrected chi connectivity index (χ1v) is 10.4. The minimum atomic E-state index is -0.932. The van der Waals surface area contributed by atoms with Gasteiger partial charge < -0.3 is 10.4 Å². The molecule has 2 N–H and O–H groups in total. The summed E-state index contributed by atoms with van der Waals surface area (Å²) in [6.07, 6.45) is 4.90. The van der Waals surface area contributed by atoms with E-state index in [9.17, 15) is 20.0 Å². The summed E-state index contributed by atoms with van der Waals surface area (Å²) in [7, 11) is 0. The van der Waals surface area contributed by atoms with E-state index < -0.39 is 17.8 Å². The molecule has 0 aliphatic heterocycles. The van der Waals surface area contributed by atoms with Gasteiger partial charge >= 0.3 is 5.97 Å². The topological polar surface area (TPSA) is 90.2 Å². The molecule has 1 aromatic rings. The molecule has 5 nitrogen and oxygen atoms in total. The number of nitrogens with zero attached hydrogens (tertiary/aromatic N) is 1. The molecule has 144 valence electrons. The number of anilines is 1. The fourth-order valence-electron chi connectivity index (χ4n) is 4.24. The van der Waals surface area contributed by atoms with E-state index in [0.29, 0.717) is 29.3 Å². The molecule has 27 heavy (non-hydrogen) atoms. The van der Waals surface area contributed by atoms with Gasteiger partial charge in [0.05, 0.1) is 17.4 Å². The standard InChI is InChI=1S/C21H26N2O3S/c1-4-13-5-6-14-17(10-22)20(27-18(14)9-13)23-19(24)15-7-11(2)12(3)8-16(15)21(25)26/h13,15-16H,4-9H2,1-3H3,(H,23,24)(H,25,26)/t13-,15-,16+/m1/s1. The number of fused-ring (bicyclic) bond motifs is 1. The average molecular weight is 387 g/mol. The summed E-state index contributed by atoms with van der Waals surface area (Å²) >= 11 is 1.50. The van der Waals surface area contributed by atoms with Crippen LogP contribution < -0.4 is 5.32 Å². The molecule has 1 heterocycles. The van der Waals surface area contributed by atoms with Crippen LogP contribution in [0.15, 0.2) is 11.1 Å². The number of aliphatic carboxylic acids is 1. The Morgan fingerprint density at radius 3 is 2.48 bits per heavy atom. The van der Waals surface area contributed by atoms with Gasteiger partial charge in [-0.2, -0.15) is 5.26 Å². The van der Waals surface area contributed by atoms with Gasteiger partial charge in [0.2, 0.25) is 5.91 Å². The van der Waals surface area contributed by atoms with Crippen molar-refractivity contribution in [2.75, 3.05) is 5.32 Å². The number of carbonyl (C=O) groups is 2. The maximum atomic E-state index is 12.9. The molecule has 3 rings (SSSR count). The number of amides is 1. The molecule has 6 heteroatoms. The molecule has 0 saturated carbocycles. The van der Waals surface area contributed by atoms with Crippen molar-refractivity contribution in [1.29, 1.82) is 5.26 Å². The Balaban J connectivity index is 1.85. The number of rotatable bonds is 4. The molecule has 0 aromatic carbocycles. The van der Waals surface area contributed by atoms with Gasteiger partial charge in [-0.3, -0.25) is 9.59 Å². The first-order chi connectivity index (χ1) is 12.8. The van der Waals surface area contributed by atoms with Crippen molar-refractivity contribution < 1.29 is 14.7 Å². The molecule has 1 aromatic heterocycles. The predicted molar refractivity (Wildman–Crippen MR) is 106 cm³/mol. The van der Waals surface area contributed by atoms with Crippen molar-refractivity contribution in [2.45, 2.75) is 59.3 Å². The van der Waals surface area contributed by atoms with E-state index in [1.165, 1.54) is 16.2 Å². The van der Waals surface area contributed by atoms with E-state index >= 15 is 0 Å². The van der Waals surface area contributed by atoms with E-state index in [1.807, 2.05) is 13.8 Å². The number of nitriles is 1. The molecule has 0 fully saturated rings. The number of carboxylic acids is 1. The smallest absolute Gasteiger partial charge is 0.307 e. The fraction of sp³-hybridized carbons (Fsp3) is 0.571. The molecule has 0 bridgehead atoms. The van der Waals surface area contributed by atoms with Gasteiger partial charge in [0, 0.05) is 4.88 Å². The second-order valence-corrected chi connectivity index (χ2v) is 8.95. The third kappa shape index (κ3) is 3.79. The van der Waals surface area contributed by atoms with Gasteiger partial charge in [-0.15, -0.1) is 11.3 Å². The number of carbonyl (C=O) groups excluding carboxylic acids is 1. The van der Waals surface area contributed by atoms with Crippen molar-refractivity contribution in [3.63, 3.8) is 0 Å². The highest BCUT2D eigenvalue weighted by atomic mass is 32.1. The number of hydrogen-bond acceptors (Lipinski definition) is 4. The maximum absolute atomic E-state index is 12.9. The molecule has 3 atom stereocenters. The van der Waals surface area contributed by atoms with Crippen LogP contribution in [0.25, 0.3) is 0 Å². The fourth-order valence-corrected chi connectivity index (χ4v) is 5.56. The lowest BCUT2D eigenvalue weighted by Gasteiger charge is -2.29. The third-order valence-electron chi connectivity index (χ3n) is 6.21. The molecule has 2 aliphatic carbocycles. The van der Waals surface area contributed by atoms with Crippen molar-refractivity contribution >= 4 is 28.2 Å². The van der Waals surface area contributed by atoms with E-state index in [-0.39, 0.29) is 5.91 Å². The van der Waals surface area contributed by atoms with Crippen LogP contribution in [0.1, 0.15) is 62.5 Å². The molecule has 0 spiro atoms. The Bertz CT molecular complexity index is 846. The summed E-state index contributed by atoms with van der Waals surface area (Å²) in [5.41, 5.74) is 3.79. The lowest BCUT2D eigenvalue weighted by atomic mass is 9.76. The first-order valence-electron chi connectivity index (χ1n) is 9.59. The zero-order chi connectivity index (χ0) is 19.7.